The highest BCUT2D eigenvalue weighted by molar-refractivity contribution is 5.77. The summed E-state index contributed by atoms with van der Waals surface area (Å²) in [7, 11) is 2.03. The van der Waals surface area contributed by atoms with E-state index in [1.165, 1.54) is 5.56 Å². The van der Waals surface area contributed by atoms with Crippen molar-refractivity contribution >= 4 is 11.0 Å². The third kappa shape index (κ3) is 2.07. The van der Waals surface area contributed by atoms with E-state index < -0.39 is 0 Å². The summed E-state index contributed by atoms with van der Waals surface area (Å²) in [6.07, 6.45) is 0. The minimum Gasteiger partial charge on any atom is -0.396 e. The van der Waals surface area contributed by atoms with Crippen LogP contribution in [-0.2, 0) is 7.05 Å². The second-order valence-electron chi connectivity index (χ2n) is 5.00. The lowest BCUT2D eigenvalue weighted by Crippen LogP contribution is -2.11. The van der Waals surface area contributed by atoms with Gasteiger partial charge in [-0.15, -0.1) is 0 Å². The molecule has 0 saturated heterocycles. The number of hydrogen-bond donors (Lipinski definition) is 1. The zero-order valence-electron chi connectivity index (χ0n) is 10.9. The molecule has 0 bridgehead atoms. The molecule has 1 heterocycles. The summed E-state index contributed by atoms with van der Waals surface area (Å²) in [6.45, 7) is 6.48. The second kappa shape index (κ2) is 4.49. The Balaban J connectivity index is 2.53. The van der Waals surface area contributed by atoms with Crippen molar-refractivity contribution in [2.24, 2.45) is 13.0 Å². The van der Waals surface area contributed by atoms with Gasteiger partial charge in [0.2, 0.25) is 0 Å². The van der Waals surface area contributed by atoms with Crippen LogP contribution in [0.25, 0.3) is 11.0 Å². The van der Waals surface area contributed by atoms with Crippen LogP contribution in [0.3, 0.4) is 0 Å². The van der Waals surface area contributed by atoms with Crippen molar-refractivity contribution in [2.75, 3.05) is 6.61 Å². The van der Waals surface area contributed by atoms with Gasteiger partial charge in [-0.2, -0.15) is 0 Å². The molecule has 17 heavy (non-hydrogen) atoms. The van der Waals surface area contributed by atoms with Gasteiger partial charge in [-0.1, -0.05) is 19.9 Å². The third-order valence-electron chi connectivity index (χ3n) is 3.56. The number of imidazole rings is 1. The monoisotopic (exact) mass is 232 g/mol. The second-order valence-corrected chi connectivity index (χ2v) is 5.00. The first-order valence-electron chi connectivity index (χ1n) is 6.08. The molecule has 1 aromatic carbocycles. The molecule has 0 aliphatic rings. The molecule has 2 aromatic rings. The highest BCUT2D eigenvalue weighted by Gasteiger charge is 2.16. The van der Waals surface area contributed by atoms with Crippen LogP contribution in [0, 0.1) is 12.8 Å². The molecule has 1 atom stereocenters. The third-order valence-corrected chi connectivity index (χ3v) is 3.56. The molecule has 3 nitrogen and oxygen atoms in total. The van der Waals surface area contributed by atoms with E-state index >= 15 is 0 Å². The lowest BCUT2D eigenvalue weighted by molar-refractivity contribution is 0.237. The van der Waals surface area contributed by atoms with Crippen molar-refractivity contribution in [3.63, 3.8) is 0 Å². The van der Waals surface area contributed by atoms with Crippen LogP contribution in [0.15, 0.2) is 18.2 Å². The van der Waals surface area contributed by atoms with Gasteiger partial charge < -0.3 is 9.67 Å². The Labute approximate surface area is 102 Å². The van der Waals surface area contributed by atoms with Crippen LogP contribution in [0.2, 0.25) is 0 Å². The molecule has 0 saturated carbocycles. The minimum atomic E-state index is 0.194. The summed E-state index contributed by atoms with van der Waals surface area (Å²) >= 11 is 0. The van der Waals surface area contributed by atoms with Crippen LogP contribution in [0.5, 0.6) is 0 Å². The van der Waals surface area contributed by atoms with Crippen molar-refractivity contribution in [1.82, 2.24) is 9.55 Å². The number of aryl methyl sites for hydroxylation is 2. The van der Waals surface area contributed by atoms with Crippen LogP contribution < -0.4 is 0 Å². The van der Waals surface area contributed by atoms with E-state index in [9.17, 15) is 5.11 Å². The minimum absolute atomic E-state index is 0.194. The first-order chi connectivity index (χ1) is 8.04. The lowest BCUT2D eigenvalue weighted by atomic mass is 9.89. The van der Waals surface area contributed by atoms with Gasteiger partial charge in [0.25, 0.3) is 0 Å². The fourth-order valence-electron chi connectivity index (χ4n) is 2.26. The van der Waals surface area contributed by atoms with Crippen LogP contribution in [-0.4, -0.2) is 21.3 Å². The molecular weight excluding hydrogens is 212 g/mol. The van der Waals surface area contributed by atoms with Gasteiger partial charge in [-0.05, 0) is 30.5 Å². The van der Waals surface area contributed by atoms with E-state index in [4.69, 9.17) is 0 Å². The summed E-state index contributed by atoms with van der Waals surface area (Å²) in [5, 5.41) is 9.47. The number of fused-ring (bicyclic) bond motifs is 1. The average molecular weight is 232 g/mol. The topological polar surface area (TPSA) is 38.1 Å². The van der Waals surface area contributed by atoms with Crippen molar-refractivity contribution < 1.29 is 5.11 Å². The number of nitrogens with zero attached hydrogens (tertiary/aromatic N) is 2. The molecule has 0 amide bonds. The number of hydrogen-bond acceptors (Lipinski definition) is 2. The fraction of sp³-hybridized carbons (Fsp3) is 0.500. The highest BCUT2D eigenvalue weighted by atomic mass is 16.3. The number of aliphatic hydroxyl groups is 1. The smallest absolute Gasteiger partial charge is 0.106 e. The lowest BCUT2D eigenvalue weighted by Gasteiger charge is -2.18. The molecule has 1 N–H and O–H groups in total. The maximum atomic E-state index is 9.47. The standard InChI is InChI=1S/C14H20N2O/c1-9(2)12(8-17)11-5-6-13-14(7-11)16(4)10(3)15-13/h5-7,9,12,17H,8H2,1-4H3. The highest BCUT2D eigenvalue weighted by Crippen LogP contribution is 2.27. The molecular formula is C14H20N2O. The summed E-state index contributed by atoms with van der Waals surface area (Å²) < 4.78 is 2.09. The molecule has 1 aromatic heterocycles. The molecule has 0 aliphatic heterocycles. The van der Waals surface area contributed by atoms with Gasteiger partial charge in [0, 0.05) is 13.0 Å². The molecule has 0 radical (unpaired) electrons. The quantitative estimate of drug-likeness (QED) is 0.883. The molecule has 0 fully saturated rings. The van der Waals surface area contributed by atoms with Crippen molar-refractivity contribution in [2.45, 2.75) is 26.7 Å². The predicted octanol–water partition coefficient (Wildman–Crippen LogP) is 2.61. The van der Waals surface area contributed by atoms with E-state index in [0.717, 1.165) is 16.9 Å². The van der Waals surface area contributed by atoms with Gasteiger partial charge in [0.1, 0.15) is 5.82 Å². The molecule has 3 heteroatoms. The van der Waals surface area contributed by atoms with Crippen molar-refractivity contribution in [3.05, 3.63) is 29.6 Å². The van der Waals surface area contributed by atoms with E-state index in [-0.39, 0.29) is 12.5 Å². The molecule has 2 rings (SSSR count). The molecule has 1 unspecified atom stereocenters. The van der Waals surface area contributed by atoms with E-state index in [1.54, 1.807) is 0 Å². The van der Waals surface area contributed by atoms with E-state index in [0.29, 0.717) is 5.92 Å². The summed E-state index contributed by atoms with van der Waals surface area (Å²) in [6, 6.07) is 6.27. The van der Waals surface area contributed by atoms with Gasteiger partial charge in [-0.25, -0.2) is 4.98 Å². The molecule has 0 spiro atoms. The predicted molar refractivity (Wildman–Crippen MR) is 70.1 cm³/mol. The number of aliphatic hydroxyl groups excluding tert-OH is 1. The molecule has 0 aliphatic carbocycles. The average Bonchev–Trinajstić information content (AvgIpc) is 2.56. The normalized spacial score (nSPS) is 13.5. The SMILES string of the molecule is Cc1nc2ccc(C(CO)C(C)C)cc2n1C. The Bertz CT molecular complexity index is 528. The van der Waals surface area contributed by atoms with Crippen LogP contribution in [0.4, 0.5) is 0 Å². The zero-order valence-corrected chi connectivity index (χ0v) is 10.9. The Hall–Kier alpha value is -1.35. The fourth-order valence-corrected chi connectivity index (χ4v) is 2.26. The van der Waals surface area contributed by atoms with Gasteiger partial charge in [-0.3, -0.25) is 0 Å². The Kier molecular flexibility index (Phi) is 3.20. The van der Waals surface area contributed by atoms with Crippen LogP contribution >= 0.6 is 0 Å². The summed E-state index contributed by atoms with van der Waals surface area (Å²) in [5.41, 5.74) is 3.35. The number of rotatable bonds is 3. The van der Waals surface area contributed by atoms with Gasteiger partial charge in [0.15, 0.2) is 0 Å². The van der Waals surface area contributed by atoms with Gasteiger partial charge >= 0.3 is 0 Å². The van der Waals surface area contributed by atoms with Crippen molar-refractivity contribution in [3.8, 4) is 0 Å². The maximum absolute atomic E-state index is 9.47. The Morgan fingerprint density at radius 1 is 1.35 bits per heavy atom. The maximum Gasteiger partial charge on any atom is 0.106 e. The van der Waals surface area contributed by atoms with E-state index in [2.05, 4.69) is 35.5 Å². The molecule has 92 valence electrons. The van der Waals surface area contributed by atoms with Gasteiger partial charge in [0.05, 0.1) is 17.6 Å². The van der Waals surface area contributed by atoms with E-state index in [1.807, 2.05) is 20.0 Å². The number of aromatic nitrogens is 2. The first-order valence-corrected chi connectivity index (χ1v) is 6.08. The zero-order chi connectivity index (χ0) is 12.6. The summed E-state index contributed by atoms with van der Waals surface area (Å²) in [4.78, 5) is 4.48. The largest absolute Gasteiger partial charge is 0.396 e. The van der Waals surface area contributed by atoms with Crippen LogP contribution in [0.1, 0.15) is 31.2 Å². The first kappa shape index (κ1) is 12.1. The summed E-state index contributed by atoms with van der Waals surface area (Å²) in [5.74, 6) is 1.66. The Morgan fingerprint density at radius 2 is 2.06 bits per heavy atom. The van der Waals surface area contributed by atoms with Crippen molar-refractivity contribution in [1.29, 1.82) is 0 Å². The number of benzene rings is 1. The Morgan fingerprint density at radius 3 is 2.65 bits per heavy atom.